The second-order valence-corrected chi connectivity index (χ2v) is 1.51. The minimum atomic E-state index is -3.81. The number of rotatable bonds is 1. The number of hydrogen-bond acceptors (Lipinski definition) is 0. The molecule has 0 spiro atoms. The molecule has 1 atom stereocenters. The van der Waals surface area contributed by atoms with Crippen molar-refractivity contribution in [3.63, 3.8) is 0 Å². The van der Waals surface area contributed by atoms with Gasteiger partial charge in [0.05, 0.1) is 0 Å². The van der Waals surface area contributed by atoms with Gasteiger partial charge in [-0.1, -0.05) is 0 Å². The molecule has 0 heterocycles. The summed E-state index contributed by atoms with van der Waals surface area (Å²) in [4.78, 5) is 0. The highest BCUT2D eigenvalue weighted by molar-refractivity contribution is 6.22. The Labute approximate surface area is 44.3 Å². The molecule has 0 aliphatic heterocycles. The smallest absolute Gasteiger partial charge is 0.239 e. The van der Waals surface area contributed by atoms with Gasteiger partial charge in [-0.3, -0.25) is 0 Å². The lowest BCUT2D eigenvalue weighted by Crippen LogP contribution is -2.18. The van der Waals surface area contributed by atoms with Gasteiger partial charge in [-0.05, 0) is 18.5 Å². The zero-order valence-electron chi connectivity index (χ0n) is 3.30. The Hall–Kier alpha value is 0.0800. The van der Waals surface area contributed by atoms with Crippen LogP contribution in [0, 0.1) is 6.92 Å². The summed E-state index contributed by atoms with van der Waals surface area (Å²) in [6, 6.07) is 0. The summed E-state index contributed by atoms with van der Waals surface area (Å²) >= 11 is 4.10. The van der Waals surface area contributed by atoms with Crippen molar-refractivity contribution in [1.82, 2.24) is 0 Å². The van der Waals surface area contributed by atoms with Crippen molar-refractivity contribution >= 4 is 11.6 Å². The number of alkyl halides is 4. The molecule has 7 heavy (non-hydrogen) atoms. The minimum absolute atomic E-state index is 2.36. The average molecular weight is 132 g/mol. The Morgan fingerprint density at radius 1 is 1.57 bits per heavy atom. The lowest BCUT2D eigenvalue weighted by molar-refractivity contribution is 0.0283. The van der Waals surface area contributed by atoms with Crippen molar-refractivity contribution in [3.8, 4) is 0 Å². The predicted octanol–water partition coefficient (Wildman–Crippen LogP) is 1.99. The van der Waals surface area contributed by atoms with Crippen molar-refractivity contribution in [2.45, 2.75) is 11.6 Å². The molecule has 0 rings (SSSR count). The Bertz CT molecular complexity index is 55.7. The first kappa shape index (κ1) is 7.08. The van der Waals surface area contributed by atoms with E-state index in [0.29, 0.717) is 0 Å². The molecule has 0 aromatic carbocycles. The van der Waals surface area contributed by atoms with E-state index in [1.54, 1.807) is 0 Å². The van der Waals surface area contributed by atoms with Gasteiger partial charge < -0.3 is 0 Å². The highest BCUT2D eigenvalue weighted by Gasteiger charge is 2.33. The summed E-state index contributed by atoms with van der Waals surface area (Å²) in [6.45, 7) is 2.36. The van der Waals surface area contributed by atoms with Gasteiger partial charge in [0.15, 0.2) is 6.17 Å². The Morgan fingerprint density at radius 2 is 1.71 bits per heavy atom. The molecule has 0 saturated carbocycles. The molecule has 0 bridgehead atoms. The molecular formula is C3H3ClF3. The van der Waals surface area contributed by atoms with E-state index in [4.69, 9.17) is 0 Å². The summed E-state index contributed by atoms with van der Waals surface area (Å²) in [6.07, 6.45) is -2.52. The highest BCUT2D eigenvalue weighted by Crippen LogP contribution is 2.24. The second-order valence-electron chi connectivity index (χ2n) is 1.01. The maximum Gasteiger partial charge on any atom is 0.352 e. The Morgan fingerprint density at radius 3 is 1.71 bits per heavy atom. The molecular weight excluding hydrogens is 128 g/mol. The largest absolute Gasteiger partial charge is 0.352 e. The number of hydrogen-bond donors (Lipinski definition) is 0. The first-order valence-corrected chi connectivity index (χ1v) is 1.86. The molecule has 1 unspecified atom stereocenters. The van der Waals surface area contributed by atoms with Crippen molar-refractivity contribution in [2.75, 3.05) is 0 Å². The summed E-state index contributed by atoms with van der Waals surface area (Å²) in [7, 11) is 0. The molecule has 0 nitrogen and oxygen atoms in total. The van der Waals surface area contributed by atoms with Gasteiger partial charge in [-0.15, -0.1) is 0 Å². The summed E-state index contributed by atoms with van der Waals surface area (Å²) < 4.78 is 33.6. The lowest BCUT2D eigenvalue weighted by atomic mass is 10.5. The van der Waals surface area contributed by atoms with Gasteiger partial charge in [0.25, 0.3) is 0 Å². The third-order valence-corrected chi connectivity index (χ3v) is 0.592. The first-order chi connectivity index (χ1) is 2.94. The SMILES string of the molecule is [CH2]C(F)C(F)(F)Cl. The lowest BCUT2D eigenvalue weighted by Gasteiger charge is -2.05. The second kappa shape index (κ2) is 1.90. The fraction of sp³-hybridized carbons (Fsp3) is 0.667. The van der Waals surface area contributed by atoms with Gasteiger partial charge in [-0.25, -0.2) is 4.39 Å². The Balaban J connectivity index is 3.54. The molecule has 0 aliphatic carbocycles. The maximum absolute atomic E-state index is 11.2. The van der Waals surface area contributed by atoms with Gasteiger partial charge in [-0.2, -0.15) is 8.78 Å². The molecule has 0 amide bonds. The third kappa shape index (κ3) is 2.74. The molecule has 0 aromatic heterocycles. The standard InChI is InChI=1S/C3H3ClF3/c1-2(5)3(4,6)7/h2H,1H2. The van der Waals surface area contributed by atoms with Crippen molar-refractivity contribution < 1.29 is 13.2 Å². The van der Waals surface area contributed by atoms with Crippen molar-refractivity contribution in [3.05, 3.63) is 6.92 Å². The average Bonchev–Trinajstić information content (AvgIpc) is 1.31. The summed E-state index contributed by atoms with van der Waals surface area (Å²) in [5.41, 5.74) is 0. The van der Waals surface area contributed by atoms with Gasteiger partial charge >= 0.3 is 5.38 Å². The monoisotopic (exact) mass is 131 g/mol. The zero-order valence-corrected chi connectivity index (χ0v) is 4.05. The van der Waals surface area contributed by atoms with E-state index in [-0.39, 0.29) is 0 Å². The highest BCUT2D eigenvalue weighted by atomic mass is 35.5. The third-order valence-electron chi connectivity index (χ3n) is 0.355. The number of halogens is 4. The van der Waals surface area contributed by atoms with Crippen LogP contribution in [0.1, 0.15) is 0 Å². The molecule has 0 aliphatic rings. The van der Waals surface area contributed by atoms with Gasteiger partial charge in [0.2, 0.25) is 0 Å². The van der Waals surface area contributed by atoms with Crippen LogP contribution in [0.3, 0.4) is 0 Å². The molecule has 0 aromatic rings. The van der Waals surface area contributed by atoms with Crippen molar-refractivity contribution in [1.29, 1.82) is 0 Å². The zero-order chi connectivity index (χ0) is 6.08. The van der Waals surface area contributed by atoms with E-state index >= 15 is 0 Å². The topological polar surface area (TPSA) is 0 Å². The minimum Gasteiger partial charge on any atom is -0.239 e. The Kier molecular flexibility index (Phi) is 1.92. The van der Waals surface area contributed by atoms with E-state index in [1.165, 1.54) is 0 Å². The molecule has 4 heteroatoms. The van der Waals surface area contributed by atoms with Crippen molar-refractivity contribution in [2.24, 2.45) is 0 Å². The van der Waals surface area contributed by atoms with E-state index < -0.39 is 11.6 Å². The van der Waals surface area contributed by atoms with Gasteiger partial charge in [0.1, 0.15) is 0 Å². The molecule has 0 N–H and O–H groups in total. The maximum atomic E-state index is 11.2. The van der Waals surface area contributed by atoms with Gasteiger partial charge in [0, 0.05) is 0 Å². The first-order valence-electron chi connectivity index (χ1n) is 1.48. The van der Waals surface area contributed by atoms with Crippen LogP contribution < -0.4 is 0 Å². The van der Waals surface area contributed by atoms with Crippen LogP contribution in [0.4, 0.5) is 13.2 Å². The fourth-order valence-corrected chi connectivity index (χ4v) is 0. The quantitative estimate of drug-likeness (QED) is 0.478. The normalized spacial score (nSPS) is 16.7. The fourth-order valence-electron chi connectivity index (χ4n) is 0. The van der Waals surface area contributed by atoms with Crippen LogP contribution in [0.5, 0.6) is 0 Å². The van der Waals surface area contributed by atoms with Crippen LogP contribution in [0.2, 0.25) is 0 Å². The van der Waals surface area contributed by atoms with E-state index in [1.807, 2.05) is 0 Å². The van der Waals surface area contributed by atoms with E-state index in [9.17, 15) is 13.2 Å². The van der Waals surface area contributed by atoms with Crippen LogP contribution in [0.25, 0.3) is 0 Å². The molecule has 0 fully saturated rings. The summed E-state index contributed by atoms with van der Waals surface area (Å²) in [5, 5.41) is -3.81. The van der Waals surface area contributed by atoms with Crippen LogP contribution >= 0.6 is 11.6 Å². The molecule has 0 saturated heterocycles. The van der Waals surface area contributed by atoms with E-state index in [2.05, 4.69) is 18.5 Å². The van der Waals surface area contributed by atoms with Crippen LogP contribution in [0.15, 0.2) is 0 Å². The van der Waals surface area contributed by atoms with Crippen LogP contribution in [-0.4, -0.2) is 11.6 Å². The predicted molar refractivity (Wildman–Crippen MR) is 21.1 cm³/mol. The summed E-state index contributed by atoms with van der Waals surface area (Å²) in [5.74, 6) is 0. The van der Waals surface area contributed by atoms with E-state index in [0.717, 1.165) is 0 Å². The molecule has 1 radical (unpaired) electrons. The molecule has 43 valence electrons. The van der Waals surface area contributed by atoms with Crippen LogP contribution in [-0.2, 0) is 0 Å².